The van der Waals surface area contributed by atoms with E-state index in [9.17, 15) is 13.2 Å². The van der Waals surface area contributed by atoms with E-state index in [1.54, 1.807) is 0 Å². The molecule has 0 aliphatic rings. The summed E-state index contributed by atoms with van der Waals surface area (Å²) in [5, 5.41) is 7.38. The van der Waals surface area contributed by atoms with Gasteiger partial charge in [0.1, 0.15) is 11.6 Å². The monoisotopic (exact) mass is 281 g/mol. The minimum absolute atomic E-state index is 0.202. The van der Waals surface area contributed by atoms with Crippen LogP contribution in [-0.4, -0.2) is 10.8 Å². The summed E-state index contributed by atoms with van der Waals surface area (Å²) < 4.78 is 42.7. The van der Waals surface area contributed by atoms with Crippen LogP contribution in [0.15, 0.2) is 42.7 Å². The number of pyridine rings is 1. The maximum absolute atomic E-state index is 12.4. The third kappa shape index (κ3) is 3.05. The summed E-state index contributed by atoms with van der Waals surface area (Å²) in [6, 6.07) is 5.71. The van der Waals surface area contributed by atoms with Crippen molar-refractivity contribution >= 4 is 5.84 Å². The Bertz CT molecular complexity index is 624. The van der Waals surface area contributed by atoms with E-state index in [2.05, 4.69) is 4.98 Å². The molecule has 0 spiro atoms. The van der Waals surface area contributed by atoms with Gasteiger partial charge in [0.25, 0.3) is 0 Å². The molecule has 0 atom stereocenters. The van der Waals surface area contributed by atoms with E-state index < -0.39 is 11.7 Å². The molecule has 1 heterocycles. The number of amidine groups is 1. The van der Waals surface area contributed by atoms with Crippen molar-refractivity contribution in [1.29, 1.82) is 5.41 Å². The Hall–Kier alpha value is -2.57. The lowest BCUT2D eigenvalue weighted by atomic mass is 10.2. The Morgan fingerprint density at radius 1 is 1.15 bits per heavy atom. The molecule has 4 nitrogen and oxygen atoms in total. The number of alkyl halides is 3. The van der Waals surface area contributed by atoms with Crippen LogP contribution < -0.4 is 10.5 Å². The first-order valence-corrected chi connectivity index (χ1v) is 5.51. The number of nitrogen functional groups attached to an aromatic ring is 1. The smallest absolute Gasteiger partial charge is 0.416 e. The number of aromatic nitrogens is 1. The van der Waals surface area contributed by atoms with E-state index in [-0.39, 0.29) is 17.3 Å². The summed E-state index contributed by atoms with van der Waals surface area (Å²) in [5.74, 6) is 0.197. The molecule has 104 valence electrons. The number of nitrogens with one attached hydrogen (secondary N) is 1. The fraction of sp³-hybridized carbons (Fsp3) is 0.0769. The standard InChI is InChI=1S/C13H10F3N3O/c14-13(15,16)8-1-3-9(4-2-8)20-11-7-19-6-5-10(11)12(17)18/h1-7H,(H3,17,18). The molecule has 0 radical (unpaired) electrons. The first-order valence-electron chi connectivity index (χ1n) is 5.51. The van der Waals surface area contributed by atoms with E-state index in [0.717, 1.165) is 12.1 Å². The van der Waals surface area contributed by atoms with Crippen LogP contribution in [0.2, 0.25) is 0 Å². The fourth-order valence-electron chi connectivity index (χ4n) is 1.52. The van der Waals surface area contributed by atoms with Gasteiger partial charge in [0, 0.05) is 6.20 Å². The molecule has 0 bridgehead atoms. The number of hydrogen-bond acceptors (Lipinski definition) is 3. The third-order valence-corrected chi connectivity index (χ3v) is 2.48. The molecule has 0 fully saturated rings. The normalized spacial score (nSPS) is 11.2. The van der Waals surface area contributed by atoms with Gasteiger partial charge in [0.15, 0.2) is 5.75 Å². The highest BCUT2D eigenvalue weighted by Gasteiger charge is 2.30. The van der Waals surface area contributed by atoms with E-state index >= 15 is 0 Å². The summed E-state index contributed by atoms with van der Waals surface area (Å²) in [7, 11) is 0. The van der Waals surface area contributed by atoms with Crippen molar-refractivity contribution in [3.63, 3.8) is 0 Å². The predicted molar refractivity (Wildman–Crippen MR) is 66.8 cm³/mol. The highest BCUT2D eigenvalue weighted by atomic mass is 19.4. The average molecular weight is 281 g/mol. The molecular formula is C13H10F3N3O. The minimum atomic E-state index is -4.39. The molecule has 7 heteroatoms. The van der Waals surface area contributed by atoms with Crippen LogP contribution in [-0.2, 0) is 6.18 Å². The Kier molecular flexibility index (Phi) is 3.60. The van der Waals surface area contributed by atoms with Crippen molar-refractivity contribution in [2.75, 3.05) is 0 Å². The Labute approximate surface area is 112 Å². The number of halogens is 3. The number of rotatable bonds is 3. The molecule has 0 aliphatic carbocycles. The van der Waals surface area contributed by atoms with Gasteiger partial charge >= 0.3 is 6.18 Å². The van der Waals surface area contributed by atoms with Gasteiger partial charge < -0.3 is 10.5 Å². The summed E-state index contributed by atoms with van der Waals surface area (Å²) >= 11 is 0. The van der Waals surface area contributed by atoms with Gasteiger partial charge in [-0.2, -0.15) is 13.2 Å². The van der Waals surface area contributed by atoms with Crippen molar-refractivity contribution in [2.24, 2.45) is 5.73 Å². The van der Waals surface area contributed by atoms with E-state index in [4.69, 9.17) is 15.9 Å². The van der Waals surface area contributed by atoms with Crippen LogP contribution in [0.3, 0.4) is 0 Å². The van der Waals surface area contributed by atoms with E-state index in [0.29, 0.717) is 5.56 Å². The molecule has 2 aromatic rings. The van der Waals surface area contributed by atoms with Crippen LogP contribution in [0.25, 0.3) is 0 Å². The lowest BCUT2D eigenvalue weighted by Gasteiger charge is -2.11. The Morgan fingerprint density at radius 2 is 1.80 bits per heavy atom. The molecule has 0 saturated carbocycles. The van der Waals surface area contributed by atoms with Crippen LogP contribution in [0, 0.1) is 5.41 Å². The number of benzene rings is 1. The average Bonchev–Trinajstić information content (AvgIpc) is 2.38. The van der Waals surface area contributed by atoms with Crippen molar-refractivity contribution in [1.82, 2.24) is 4.98 Å². The molecule has 0 unspecified atom stereocenters. The maximum atomic E-state index is 12.4. The lowest BCUT2D eigenvalue weighted by Crippen LogP contribution is -2.12. The SMILES string of the molecule is N=C(N)c1ccncc1Oc1ccc(C(F)(F)F)cc1. The zero-order chi connectivity index (χ0) is 14.8. The molecule has 0 aliphatic heterocycles. The molecule has 1 aromatic heterocycles. The van der Waals surface area contributed by atoms with Gasteiger partial charge in [-0.3, -0.25) is 10.4 Å². The van der Waals surface area contributed by atoms with E-state index in [1.165, 1.54) is 30.6 Å². The summed E-state index contributed by atoms with van der Waals surface area (Å²) in [6.07, 6.45) is -1.61. The third-order valence-electron chi connectivity index (χ3n) is 2.48. The predicted octanol–water partition coefficient (Wildman–Crippen LogP) is 3.18. The maximum Gasteiger partial charge on any atom is 0.416 e. The summed E-state index contributed by atoms with van der Waals surface area (Å²) in [6.45, 7) is 0. The number of nitrogens with zero attached hydrogens (tertiary/aromatic N) is 1. The van der Waals surface area contributed by atoms with Crippen molar-refractivity contribution < 1.29 is 17.9 Å². The van der Waals surface area contributed by atoms with Gasteiger partial charge in [-0.15, -0.1) is 0 Å². The highest BCUT2D eigenvalue weighted by Crippen LogP contribution is 2.31. The zero-order valence-corrected chi connectivity index (χ0v) is 10.1. The van der Waals surface area contributed by atoms with Gasteiger partial charge in [0.05, 0.1) is 17.3 Å². The molecule has 0 amide bonds. The molecule has 0 saturated heterocycles. The van der Waals surface area contributed by atoms with Crippen molar-refractivity contribution in [2.45, 2.75) is 6.18 Å². The second-order valence-electron chi connectivity index (χ2n) is 3.91. The second kappa shape index (κ2) is 5.20. The number of nitrogens with two attached hydrogens (primary N) is 1. The number of ether oxygens (including phenoxy) is 1. The topological polar surface area (TPSA) is 72.0 Å². The van der Waals surface area contributed by atoms with Gasteiger partial charge in [-0.05, 0) is 30.3 Å². The molecule has 3 N–H and O–H groups in total. The quantitative estimate of drug-likeness (QED) is 0.670. The first-order chi connectivity index (χ1) is 9.38. The molecule has 1 aromatic carbocycles. The van der Waals surface area contributed by atoms with Crippen LogP contribution in [0.1, 0.15) is 11.1 Å². The van der Waals surface area contributed by atoms with Crippen LogP contribution >= 0.6 is 0 Å². The summed E-state index contributed by atoms with van der Waals surface area (Å²) in [5.41, 5.74) is 4.93. The largest absolute Gasteiger partial charge is 0.455 e. The van der Waals surface area contributed by atoms with Gasteiger partial charge in [-0.25, -0.2) is 0 Å². The van der Waals surface area contributed by atoms with Gasteiger partial charge in [-0.1, -0.05) is 0 Å². The van der Waals surface area contributed by atoms with Crippen molar-refractivity contribution in [3.8, 4) is 11.5 Å². The number of hydrogen-bond donors (Lipinski definition) is 2. The lowest BCUT2D eigenvalue weighted by molar-refractivity contribution is -0.137. The summed E-state index contributed by atoms with van der Waals surface area (Å²) in [4.78, 5) is 3.82. The second-order valence-corrected chi connectivity index (χ2v) is 3.91. The zero-order valence-electron chi connectivity index (χ0n) is 10.1. The molecular weight excluding hydrogens is 271 g/mol. The molecule has 20 heavy (non-hydrogen) atoms. The minimum Gasteiger partial charge on any atom is -0.455 e. The Balaban J connectivity index is 2.25. The Morgan fingerprint density at radius 3 is 2.35 bits per heavy atom. The first kappa shape index (κ1) is 13.9. The van der Waals surface area contributed by atoms with Crippen molar-refractivity contribution in [3.05, 3.63) is 53.9 Å². The van der Waals surface area contributed by atoms with Crippen LogP contribution in [0.5, 0.6) is 11.5 Å². The van der Waals surface area contributed by atoms with Gasteiger partial charge in [0.2, 0.25) is 0 Å². The van der Waals surface area contributed by atoms with E-state index in [1.807, 2.05) is 0 Å². The fourth-order valence-corrected chi connectivity index (χ4v) is 1.52. The van der Waals surface area contributed by atoms with Crippen LogP contribution in [0.4, 0.5) is 13.2 Å². The molecule has 2 rings (SSSR count). The highest BCUT2D eigenvalue weighted by molar-refractivity contribution is 5.97.